The number of nitrogens with one attached hydrogen (secondary N) is 2. The topological polar surface area (TPSA) is 84.2 Å². The summed E-state index contributed by atoms with van der Waals surface area (Å²) >= 11 is 0. The van der Waals surface area contributed by atoms with Crippen molar-refractivity contribution in [2.45, 2.75) is 31.8 Å². The minimum absolute atomic E-state index is 0.220. The highest BCUT2D eigenvalue weighted by Gasteiger charge is 2.19. The number of hydrogen-bond donors (Lipinski definition) is 2. The van der Waals surface area contributed by atoms with E-state index in [0.717, 1.165) is 24.0 Å². The third-order valence-electron chi connectivity index (χ3n) is 4.89. The molecule has 1 aromatic heterocycles. The molecule has 1 fully saturated rings. The number of fused-ring (bicyclic) bond motifs is 1. The molecule has 0 spiro atoms. The van der Waals surface area contributed by atoms with E-state index in [4.69, 9.17) is 9.47 Å². The van der Waals surface area contributed by atoms with E-state index in [9.17, 15) is 9.59 Å². The van der Waals surface area contributed by atoms with Gasteiger partial charge in [0.1, 0.15) is 0 Å². The Morgan fingerprint density at radius 1 is 0.846 bits per heavy atom. The van der Waals surface area contributed by atoms with Gasteiger partial charge < -0.3 is 9.47 Å². The summed E-state index contributed by atoms with van der Waals surface area (Å²) in [5.41, 5.74) is 1.11. The fourth-order valence-electron chi connectivity index (χ4n) is 3.49. The van der Waals surface area contributed by atoms with E-state index in [2.05, 4.69) is 10.2 Å². The number of aromatic amines is 2. The Kier molecular flexibility index (Phi) is 4.24. The molecule has 0 unspecified atom stereocenters. The van der Waals surface area contributed by atoms with Gasteiger partial charge in [-0.1, -0.05) is 12.1 Å². The van der Waals surface area contributed by atoms with Crippen LogP contribution in [0.5, 0.6) is 11.5 Å². The number of benzene rings is 2. The average molecular weight is 352 g/mol. The van der Waals surface area contributed by atoms with Crippen LogP contribution in [-0.4, -0.2) is 23.4 Å². The maximum Gasteiger partial charge on any atom is 0.270 e. The molecule has 6 nitrogen and oxygen atoms in total. The second-order valence-corrected chi connectivity index (χ2v) is 6.56. The number of aromatic nitrogens is 2. The summed E-state index contributed by atoms with van der Waals surface area (Å²) in [6, 6.07) is 10.9. The standard InChI is InChI=1S/C20H20N2O4/c1-25-17-9-7-13(11-18(17)26-14-4-2-3-5-14)12-6-8-15-16(10-12)20(24)22-21-19(15)23/h6-11,14H,2-5H2,1H3,(H,21,23)(H,22,24). The average Bonchev–Trinajstić information content (AvgIpc) is 3.17. The maximum absolute atomic E-state index is 12.0. The SMILES string of the molecule is COc1ccc(-c2ccc3c(=O)[nH][nH]c(=O)c3c2)cc1OC1CCCC1. The lowest BCUT2D eigenvalue weighted by Crippen LogP contribution is -2.18. The molecule has 134 valence electrons. The van der Waals surface area contributed by atoms with Crippen molar-refractivity contribution in [1.82, 2.24) is 10.2 Å². The van der Waals surface area contributed by atoms with E-state index < -0.39 is 0 Å². The summed E-state index contributed by atoms with van der Waals surface area (Å²) in [7, 11) is 1.62. The Balaban J connectivity index is 1.77. The van der Waals surface area contributed by atoms with E-state index in [1.807, 2.05) is 24.3 Å². The Morgan fingerprint density at radius 3 is 2.23 bits per heavy atom. The van der Waals surface area contributed by atoms with Crippen molar-refractivity contribution in [2.75, 3.05) is 7.11 Å². The highest BCUT2D eigenvalue weighted by molar-refractivity contribution is 5.86. The molecule has 4 rings (SSSR count). The lowest BCUT2D eigenvalue weighted by Gasteiger charge is -2.17. The highest BCUT2D eigenvalue weighted by Crippen LogP contribution is 2.35. The number of ether oxygens (including phenoxy) is 2. The van der Waals surface area contributed by atoms with E-state index in [0.29, 0.717) is 22.3 Å². The third kappa shape index (κ3) is 2.98. The number of H-pyrrole nitrogens is 2. The Labute approximate surface area is 149 Å². The van der Waals surface area contributed by atoms with Gasteiger partial charge in [-0.3, -0.25) is 19.8 Å². The van der Waals surface area contributed by atoms with Gasteiger partial charge in [-0.05, 0) is 61.1 Å². The van der Waals surface area contributed by atoms with Gasteiger partial charge in [-0.15, -0.1) is 0 Å². The first-order valence-electron chi connectivity index (χ1n) is 8.75. The molecule has 6 heteroatoms. The Morgan fingerprint density at radius 2 is 1.50 bits per heavy atom. The molecule has 0 radical (unpaired) electrons. The zero-order chi connectivity index (χ0) is 18.1. The van der Waals surface area contributed by atoms with Crippen molar-refractivity contribution in [3.05, 3.63) is 57.1 Å². The molecule has 26 heavy (non-hydrogen) atoms. The fourth-order valence-corrected chi connectivity index (χ4v) is 3.49. The van der Waals surface area contributed by atoms with Crippen molar-refractivity contribution < 1.29 is 9.47 Å². The second-order valence-electron chi connectivity index (χ2n) is 6.56. The molecular formula is C20H20N2O4. The molecule has 1 aliphatic rings. The molecule has 1 saturated carbocycles. The van der Waals surface area contributed by atoms with Gasteiger partial charge in [0, 0.05) is 0 Å². The summed E-state index contributed by atoms with van der Waals surface area (Å²) in [5, 5.41) is 5.43. The Hall–Kier alpha value is -3.02. The summed E-state index contributed by atoms with van der Waals surface area (Å²) in [6.07, 6.45) is 4.71. The maximum atomic E-state index is 12.0. The fraction of sp³-hybridized carbons (Fsp3) is 0.300. The number of hydrogen-bond acceptors (Lipinski definition) is 4. The van der Waals surface area contributed by atoms with Gasteiger partial charge in [0.05, 0.1) is 24.0 Å². The summed E-state index contributed by atoms with van der Waals surface area (Å²) < 4.78 is 11.6. The molecule has 0 atom stereocenters. The van der Waals surface area contributed by atoms with Gasteiger partial charge in [-0.2, -0.15) is 0 Å². The first-order valence-corrected chi connectivity index (χ1v) is 8.75. The molecule has 1 heterocycles. The number of rotatable bonds is 4. The van der Waals surface area contributed by atoms with Crippen molar-refractivity contribution in [1.29, 1.82) is 0 Å². The normalized spacial score (nSPS) is 14.7. The van der Waals surface area contributed by atoms with Crippen LogP contribution in [0.25, 0.3) is 21.9 Å². The van der Waals surface area contributed by atoms with Crippen LogP contribution in [0, 0.1) is 0 Å². The molecule has 2 N–H and O–H groups in total. The van der Waals surface area contributed by atoms with Gasteiger partial charge in [0.15, 0.2) is 11.5 Å². The minimum Gasteiger partial charge on any atom is -0.493 e. The Bertz CT molecular complexity index is 1060. The predicted octanol–water partition coefficient (Wildman–Crippen LogP) is 3.21. The van der Waals surface area contributed by atoms with Crippen molar-refractivity contribution in [2.24, 2.45) is 0 Å². The van der Waals surface area contributed by atoms with E-state index in [1.54, 1.807) is 19.2 Å². The van der Waals surface area contributed by atoms with Gasteiger partial charge in [-0.25, -0.2) is 0 Å². The lowest BCUT2D eigenvalue weighted by molar-refractivity contribution is 0.201. The van der Waals surface area contributed by atoms with Gasteiger partial charge in [0.25, 0.3) is 11.1 Å². The van der Waals surface area contributed by atoms with Gasteiger partial charge in [0.2, 0.25) is 0 Å². The van der Waals surface area contributed by atoms with Crippen LogP contribution in [0.2, 0.25) is 0 Å². The zero-order valence-corrected chi connectivity index (χ0v) is 14.5. The molecular weight excluding hydrogens is 332 g/mol. The second kappa shape index (κ2) is 6.71. The predicted molar refractivity (Wildman–Crippen MR) is 100 cm³/mol. The third-order valence-corrected chi connectivity index (χ3v) is 4.89. The monoisotopic (exact) mass is 352 g/mol. The van der Waals surface area contributed by atoms with E-state index >= 15 is 0 Å². The molecule has 0 aliphatic heterocycles. The summed E-state index contributed by atoms with van der Waals surface area (Å²) in [4.78, 5) is 23.9. The first-order chi connectivity index (χ1) is 12.7. The van der Waals surface area contributed by atoms with Crippen LogP contribution in [0.15, 0.2) is 46.0 Å². The molecule has 0 amide bonds. The largest absolute Gasteiger partial charge is 0.493 e. The van der Waals surface area contributed by atoms with Crippen LogP contribution in [0.1, 0.15) is 25.7 Å². The minimum atomic E-state index is -0.322. The molecule has 0 bridgehead atoms. The molecule has 0 saturated heterocycles. The lowest BCUT2D eigenvalue weighted by atomic mass is 10.0. The van der Waals surface area contributed by atoms with Crippen LogP contribution in [0.4, 0.5) is 0 Å². The van der Waals surface area contributed by atoms with Gasteiger partial charge >= 0.3 is 0 Å². The number of methoxy groups -OCH3 is 1. The zero-order valence-electron chi connectivity index (χ0n) is 14.5. The van der Waals surface area contributed by atoms with Crippen molar-refractivity contribution in [3.63, 3.8) is 0 Å². The van der Waals surface area contributed by atoms with Crippen molar-refractivity contribution >= 4 is 10.8 Å². The molecule has 1 aliphatic carbocycles. The molecule has 2 aromatic carbocycles. The summed E-state index contributed by atoms with van der Waals surface area (Å²) in [5.74, 6) is 1.40. The smallest absolute Gasteiger partial charge is 0.270 e. The van der Waals surface area contributed by atoms with Crippen LogP contribution >= 0.6 is 0 Å². The van der Waals surface area contributed by atoms with E-state index in [-0.39, 0.29) is 17.2 Å². The first kappa shape index (κ1) is 16.4. The molecule has 3 aromatic rings. The van der Waals surface area contributed by atoms with E-state index in [1.165, 1.54) is 12.8 Å². The van der Waals surface area contributed by atoms with Crippen LogP contribution in [-0.2, 0) is 0 Å². The quantitative estimate of drug-likeness (QED) is 0.755. The summed E-state index contributed by atoms with van der Waals surface area (Å²) in [6.45, 7) is 0. The highest BCUT2D eigenvalue weighted by atomic mass is 16.5. The van der Waals surface area contributed by atoms with Crippen LogP contribution < -0.4 is 20.6 Å². The van der Waals surface area contributed by atoms with Crippen LogP contribution in [0.3, 0.4) is 0 Å². The van der Waals surface area contributed by atoms with Crippen molar-refractivity contribution in [3.8, 4) is 22.6 Å².